The molecule has 2 aromatic rings. The van der Waals surface area contributed by atoms with Gasteiger partial charge in [-0.25, -0.2) is 4.98 Å². The summed E-state index contributed by atoms with van der Waals surface area (Å²) in [5.74, 6) is 0.729. The number of aromatic nitrogens is 3. The molecular weight excluding hydrogens is 228 g/mol. The fourth-order valence-electron chi connectivity index (χ4n) is 2.18. The monoisotopic (exact) mass is 242 g/mol. The summed E-state index contributed by atoms with van der Waals surface area (Å²) in [5, 5.41) is 3.18. The molecule has 2 N–H and O–H groups in total. The van der Waals surface area contributed by atoms with Gasteiger partial charge in [0.15, 0.2) is 0 Å². The highest BCUT2D eigenvalue weighted by molar-refractivity contribution is 5.23. The second kappa shape index (κ2) is 4.70. The average Bonchev–Trinajstić information content (AvgIpc) is 2.40. The summed E-state index contributed by atoms with van der Waals surface area (Å²) in [4.78, 5) is 23.3. The maximum atomic E-state index is 11.9. The standard InChI is InChI=1S/C13H14N4O/c18-13-10-8-15-6-3-11(10)16-12(17-13)7-9-1-4-14-5-2-9/h1-2,4-5,15H,3,6-8H2,(H,16,17,18). The fourth-order valence-corrected chi connectivity index (χ4v) is 2.18. The lowest BCUT2D eigenvalue weighted by Gasteiger charge is -2.15. The second-order valence-electron chi connectivity index (χ2n) is 4.40. The molecular formula is C13H14N4O. The summed E-state index contributed by atoms with van der Waals surface area (Å²) in [6.07, 6.45) is 4.95. The average molecular weight is 242 g/mol. The molecule has 1 aliphatic rings. The van der Waals surface area contributed by atoms with Crippen molar-refractivity contribution < 1.29 is 0 Å². The van der Waals surface area contributed by atoms with Crippen LogP contribution in [0.15, 0.2) is 29.3 Å². The molecule has 0 amide bonds. The molecule has 0 spiro atoms. The Kier molecular flexibility index (Phi) is 2.90. The number of hydrogen-bond donors (Lipinski definition) is 2. The van der Waals surface area contributed by atoms with Gasteiger partial charge in [0.05, 0.1) is 11.3 Å². The molecule has 18 heavy (non-hydrogen) atoms. The smallest absolute Gasteiger partial charge is 0.255 e. The van der Waals surface area contributed by atoms with Gasteiger partial charge in [-0.05, 0) is 17.7 Å². The number of rotatable bonds is 2. The number of hydrogen-bond acceptors (Lipinski definition) is 4. The predicted molar refractivity (Wildman–Crippen MR) is 67.3 cm³/mol. The van der Waals surface area contributed by atoms with Crippen molar-refractivity contribution in [3.63, 3.8) is 0 Å². The van der Waals surface area contributed by atoms with Crippen LogP contribution < -0.4 is 10.9 Å². The van der Waals surface area contributed by atoms with Crippen molar-refractivity contribution in [2.45, 2.75) is 19.4 Å². The molecule has 0 aromatic carbocycles. The molecule has 0 aliphatic carbocycles. The number of pyridine rings is 1. The van der Waals surface area contributed by atoms with Crippen LogP contribution in [0.2, 0.25) is 0 Å². The number of nitrogens with zero attached hydrogens (tertiary/aromatic N) is 2. The quantitative estimate of drug-likeness (QED) is 0.799. The summed E-state index contributed by atoms with van der Waals surface area (Å²) < 4.78 is 0. The molecule has 5 nitrogen and oxygen atoms in total. The minimum absolute atomic E-state index is 0.0174. The summed E-state index contributed by atoms with van der Waals surface area (Å²) in [6, 6.07) is 3.86. The van der Waals surface area contributed by atoms with Crippen LogP contribution in [0.1, 0.15) is 22.6 Å². The van der Waals surface area contributed by atoms with E-state index in [1.807, 2.05) is 12.1 Å². The van der Waals surface area contributed by atoms with Gasteiger partial charge in [-0.3, -0.25) is 9.78 Å². The summed E-state index contributed by atoms with van der Waals surface area (Å²) in [6.45, 7) is 1.51. The molecule has 3 rings (SSSR count). The molecule has 0 radical (unpaired) electrons. The van der Waals surface area contributed by atoms with E-state index >= 15 is 0 Å². The Hall–Kier alpha value is -2.01. The van der Waals surface area contributed by atoms with E-state index in [2.05, 4.69) is 20.3 Å². The Morgan fingerprint density at radius 3 is 2.94 bits per heavy atom. The van der Waals surface area contributed by atoms with Gasteiger partial charge in [-0.2, -0.15) is 0 Å². The largest absolute Gasteiger partial charge is 0.312 e. The maximum Gasteiger partial charge on any atom is 0.255 e. The van der Waals surface area contributed by atoms with Crippen molar-refractivity contribution in [3.8, 4) is 0 Å². The molecule has 0 fully saturated rings. The van der Waals surface area contributed by atoms with E-state index < -0.39 is 0 Å². The van der Waals surface area contributed by atoms with Gasteiger partial charge >= 0.3 is 0 Å². The Morgan fingerprint density at radius 1 is 1.28 bits per heavy atom. The molecule has 0 unspecified atom stereocenters. The fraction of sp³-hybridized carbons (Fsp3) is 0.308. The zero-order valence-electron chi connectivity index (χ0n) is 9.94. The number of fused-ring (bicyclic) bond motifs is 1. The normalized spacial score (nSPS) is 14.2. The van der Waals surface area contributed by atoms with E-state index in [4.69, 9.17) is 0 Å². The van der Waals surface area contributed by atoms with Crippen molar-refractivity contribution in [3.05, 3.63) is 57.5 Å². The van der Waals surface area contributed by atoms with Crippen LogP contribution in [0.5, 0.6) is 0 Å². The second-order valence-corrected chi connectivity index (χ2v) is 4.40. The van der Waals surface area contributed by atoms with Crippen molar-refractivity contribution in [1.29, 1.82) is 0 Å². The van der Waals surface area contributed by atoms with Crippen LogP contribution in [0, 0.1) is 0 Å². The Morgan fingerprint density at radius 2 is 2.11 bits per heavy atom. The van der Waals surface area contributed by atoms with E-state index in [0.717, 1.165) is 35.6 Å². The first kappa shape index (κ1) is 11.1. The van der Waals surface area contributed by atoms with Crippen molar-refractivity contribution >= 4 is 0 Å². The zero-order valence-corrected chi connectivity index (χ0v) is 9.94. The third-order valence-corrected chi connectivity index (χ3v) is 3.11. The molecule has 0 saturated heterocycles. The lowest BCUT2D eigenvalue weighted by molar-refractivity contribution is 0.615. The highest BCUT2D eigenvalue weighted by Crippen LogP contribution is 2.09. The summed E-state index contributed by atoms with van der Waals surface area (Å²) >= 11 is 0. The van der Waals surface area contributed by atoms with Gasteiger partial charge in [0.1, 0.15) is 5.82 Å². The van der Waals surface area contributed by atoms with Gasteiger partial charge in [-0.15, -0.1) is 0 Å². The summed E-state index contributed by atoms with van der Waals surface area (Å²) in [7, 11) is 0. The molecule has 0 saturated carbocycles. The molecule has 0 bridgehead atoms. The van der Waals surface area contributed by atoms with E-state index in [1.165, 1.54) is 0 Å². The lowest BCUT2D eigenvalue weighted by Crippen LogP contribution is -2.32. The van der Waals surface area contributed by atoms with Gasteiger partial charge in [0.2, 0.25) is 0 Å². The minimum Gasteiger partial charge on any atom is -0.312 e. The first-order chi connectivity index (χ1) is 8.83. The first-order valence-electron chi connectivity index (χ1n) is 6.03. The molecule has 1 aliphatic heterocycles. The lowest BCUT2D eigenvalue weighted by atomic mass is 10.1. The van der Waals surface area contributed by atoms with E-state index in [1.54, 1.807) is 12.4 Å². The molecule has 5 heteroatoms. The Balaban J connectivity index is 1.94. The molecule has 92 valence electrons. The summed E-state index contributed by atoms with van der Waals surface area (Å²) in [5.41, 5.74) is 2.79. The first-order valence-corrected chi connectivity index (χ1v) is 6.03. The van der Waals surface area contributed by atoms with Crippen LogP contribution in [-0.4, -0.2) is 21.5 Å². The Bertz CT molecular complexity index is 606. The highest BCUT2D eigenvalue weighted by Gasteiger charge is 2.14. The third kappa shape index (κ3) is 2.17. The van der Waals surface area contributed by atoms with Crippen LogP contribution in [-0.2, 0) is 19.4 Å². The molecule has 0 atom stereocenters. The van der Waals surface area contributed by atoms with Crippen LogP contribution in [0.25, 0.3) is 0 Å². The van der Waals surface area contributed by atoms with E-state index in [9.17, 15) is 4.79 Å². The van der Waals surface area contributed by atoms with Crippen molar-refractivity contribution in [1.82, 2.24) is 20.3 Å². The topological polar surface area (TPSA) is 70.7 Å². The minimum atomic E-state index is -0.0174. The van der Waals surface area contributed by atoms with E-state index in [0.29, 0.717) is 13.0 Å². The van der Waals surface area contributed by atoms with Gasteiger partial charge in [0, 0.05) is 38.3 Å². The van der Waals surface area contributed by atoms with Crippen LogP contribution in [0.3, 0.4) is 0 Å². The number of aromatic amines is 1. The number of nitrogens with one attached hydrogen (secondary N) is 2. The molecule has 2 aromatic heterocycles. The van der Waals surface area contributed by atoms with Crippen LogP contribution in [0.4, 0.5) is 0 Å². The van der Waals surface area contributed by atoms with E-state index in [-0.39, 0.29) is 5.56 Å². The Labute approximate surface area is 104 Å². The maximum absolute atomic E-state index is 11.9. The third-order valence-electron chi connectivity index (χ3n) is 3.11. The molecule has 3 heterocycles. The van der Waals surface area contributed by atoms with Crippen molar-refractivity contribution in [2.24, 2.45) is 0 Å². The SMILES string of the molecule is O=c1[nH]c(Cc2ccncc2)nc2c1CNCC2. The van der Waals surface area contributed by atoms with Gasteiger partial charge in [-0.1, -0.05) is 0 Å². The van der Waals surface area contributed by atoms with Crippen LogP contribution >= 0.6 is 0 Å². The van der Waals surface area contributed by atoms with Crippen molar-refractivity contribution in [2.75, 3.05) is 6.54 Å². The number of H-pyrrole nitrogens is 1. The highest BCUT2D eigenvalue weighted by atomic mass is 16.1. The van der Waals surface area contributed by atoms with Gasteiger partial charge in [0.25, 0.3) is 5.56 Å². The van der Waals surface area contributed by atoms with Gasteiger partial charge < -0.3 is 10.3 Å². The zero-order chi connectivity index (χ0) is 12.4. The predicted octanol–water partition coefficient (Wildman–Crippen LogP) is 0.401.